The predicted octanol–water partition coefficient (Wildman–Crippen LogP) is 5.41. The summed E-state index contributed by atoms with van der Waals surface area (Å²) in [6, 6.07) is 0. The molecule has 0 spiro atoms. The van der Waals surface area contributed by atoms with Gasteiger partial charge in [-0.2, -0.15) is 0 Å². The minimum atomic E-state index is -1.07. The van der Waals surface area contributed by atoms with Gasteiger partial charge in [0.25, 0.3) is 0 Å². The van der Waals surface area contributed by atoms with E-state index in [4.69, 9.17) is 10.8 Å². The third-order valence-electron chi connectivity index (χ3n) is 4.58. The number of hydrogen-bond donors (Lipinski definition) is 3. The standard InChI is InChI=1S/C18H38.C4H8N2O3/c1-3-5-7-9-11-13-15-17-18-16-14-12-10-8-6-4-2;5-1-3(7)6-2-4(8)9/h3-18H2,1-2H3;1-2,5H2,(H,6,7)(H,8,9). The summed E-state index contributed by atoms with van der Waals surface area (Å²) >= 11 is 0. The molecule has 0 aromatic carbocycles. The van der Waals surface area contributed by atoms with Gasteiger partial charge in [-0.15, -0.1) is 0 Å². The summed E-state index contributed by atoms with van der Waals surface area (Å²) in [6.45, 7) is 4.05. The van der Waals surface area contributed by atoms with Gasteiger partial charge in [-0.3, -0.25) is 9.59 Å². The van der Waals surface area contributed by atoms with Crippen LogP contribution in [0.2, 0.25) is 0 Å². The third kappa shape index (κ3) is 29.9. The number of amides is 1. The van der Waals surface area contributed by atoms with E-state index in [2.05, 4.69) is 19.2 Å². The lowest BCUT2D eigenvalue weighted by atomic mass is 10.0. The van der Waals surface area contributed by atoms with E-state index in [1.54, 1.807) is 0 Å². The molecule has 5 heteroatoms. The summed E-state index contributed by atoms with van der Waals surface area (Å²) < 4.78 is 0. The molecule has 0 unspecified atom stereocenters. The summed E-state index contributed by atoms with van der Waals surface area (Å²) in [5.41, 5.74) is 4.85. The predicted molar refractivity (Wildman–Crippen MR) is 115 cm³/mol. The quantitative estimate of drug-likeness (QED) is 0.274. The number of carbonyl (C=O) groups excluding carboxylic acids is 1. The first-order valence-electron chi connectivity index (χ1n) is 11.3. The SMILES string of the molecule is CCCCCCCCCCCCCCCCCC.NCC(=O)NCC(=O)O. The van der Waals surface area contributed by atoms with E-state index in [-0.39, 0.29) is 13.1 Å². The average Bonchev–Trinajstić information content (AvgIpc) is 2.67. The van der Waals surface area contributed by atoms with Crippen molar-refractivity contribution in [2.75, 3.05) is 13.1 Å². The molecule has 0 saturated heterocycles. The van der Waals surface area contributed by atoms with Gasteiger partial charge in [-0.05, 0) is 0 Å². The van der Waals surface area contributed by atoms with Gasteiger partial charge in [0.2, 0.25) is 5.91 Å². The molecule has 5 nitrogen and oxygen atoms in total. The van der Waals surface area contributed by atoms with Crippen LogP contribution in [0.15, 0.2) is 0 Å². The highest BCUT2D eigenvalue weighted by molar-refractivity contribution is 5.82. The molecular formula is C22H46N2O3. The van der Waals surface area contributed by atoms with Crippen LogP contribution in [-0.4, -0.2) is 30.1 Å². The Morgan fingerprint density at radius 1 is 0.667 bits per heavy atom. The van der Waals surface area contributed by atoms with Crippen LogP contribution in [0.25, 0.3) is 0 Å². The Morgan fingerprint density at radius 3 is 1.19 bits per heavy atom. The summed E-state index contributed by atoms with van der Waals surface area (Å²) in [5, 5.41) is 10.1. The zero-order chi connectivity index (χ0) is 20.6. The first kappa shape index (κ1) is 28.1. The first-order chi connectivity index (χ1) is 13.1. The number of carbonyl (C=O) groups is 2. The molecule has 0 radical (unpaired) electrons. The number of hydrogen-bond acceptors (Lipinski definition) is 3. The van der Waals surface area contributed by atoms with Gasteiger partial charge in [0, 0.05) is 0 Å². The van der Waals surface area contributed by atoms with Gasteiger partial charge < -0.3 is 16.2 Å². The van der Waals surface area contributed by atoms with Gasteiger partial charge in [0.1, 0.15) is 6.54 Å². The smallest absolute Gasteiger partial charge is 0.322 e. The number of aliphatic carboxylic acids is 1. The molecule has 0 saturated carbocycles. The summed E-state index contributed by atoms with van der Waals surface area (Å²) in [6.07, 6.45) is 23.4. The van der Waals surface area contributed by atoms with E-state index in [0.717, 1.165) is 0 Å². The Balaban J connectivity index is 0. The molecule has 162 valence electrons. The number of carboxylic acid groups (broad SMARTS) is 1. The van der Waals surface area contributed by atoms with Gasteiger partial charge in [0.05, 0.1) is 6.54 Å². The van der Waals surface area contributed by atoms with Crippen LogP contribution in [0.1, 0.15) is 117 Å². The topological polar surface area (TPSA) is 92.4 Å². The molecule has 0 heterocycles. The van der Waals surface area contributed by atoms with Crippen molar-refractivity contribution < 1.29 is 14.7 Å². The lowest BCUT2D eigenvalue weighted by Crippen LogP contribution is -2.34. The van der Waals surface area contributed by atoms with E-state index in [1.165, 1.54) is 103 Å². The van der Waals surface area contributed by atoms with Crippen molar-refractivity contribution >= 4 is 11.9 Å². The van der Waals surface area contributed by atoms with Crippen molar-refractivity contribution in [3.05, 3.63) is 0 Å². The van der Waals surface area contributed by atoms with Crippen LogP contribution >= 0.6 is 0 Å². The van der Waals surface area contributed by atoms with Crippen LogP contribution in [0.4, 0.5) is 0 Å². The number of carboxylic acids is 1. The monoisotopic (exact) mass is 386 g/mol. The van der Waals surface area contributed by atoms with Gasteiger partial charge in [-0.1, -0.05) is 117 Å². The van der Waals surface area contributed by atoms with E-state index >= 15 is 0 Å². The zero-order valence-corrected chi connectivity index (χ0v) is 18.1. The number of unbranched alkanes of at least 4 members (excludes halogenated alkanes) is 15. The minimum Gasteiger partial charge on any atom is -0.480 e. The molecule has 4 N–H and O–H groups in total. The Bertz CT molecular complexity index is 307. The number of nitrogens with one attached hydrogen (secondary N) is 1. The van der Waals surface area contributed by atoms with Crippen molar-refractivity contribution in [2.24, 2.45) is 5.73 Å². The van der Waals surface area contributed by atoms with Crippen molar-refractivity contribution in [1.29, 1.82) is 0 Å². The van der Waals surface area contributed by atoms with Gasteiger partial charge in [-0.25, -0.2) is 0 Å². The first-order valence-corrected chi connectivity index (χ1v) is 11.3. The highest BCUT2D eigenvalue weighted by atomic mass is 16.4. The maximum atomic E-state index is 10.2. The summed E-state index contributed by atoms with van der Waals surface area (Å²) in [7, 11) is 0. The second-order valence-corrected chi connectivity index (χ2v) is 7.32. The van der Waals surface area contributed by atoms with E-state index < -0.39 is 11.9 Å². The molecule has 1 amide bonds. The second-order valence-electron chi connectivity index (χ2n) is 7.32. The highest BCUT2D eigenvalue weighted by Crippen LogP contribution is 2.13. The van der Waals surface area contributed by atoms with Crippen molar-refractivity contribution in [3.8, 4) is 0 Å². The van der Waals surface area contributed by atoms with Crippen molar-refractivity contribution in [1.82, 2.24) is 5.32 Å². The van der Waals surface area contributed by atoms with Crippen LogP contribution in [0, 0.1) is 0 Å². The number of nitrogens with two attached hydrogens (primary N) is 1. The van der Waals surface area contributed by atoms with E-state index in [9.17, 15) is 9.59 Å². The molecular weight excluding hydrogens is 340 g/mol. The fraction of sp³-hybridized carbons (Fsp3) is 0.909. The normalized spacial score (nSPS) is 10.2. The molecule has 0 aromatic rings. The molecule has 0 rings (SSSR count). The van der Waals surface area contributed by atoms with Crippen LogP contribution in [-0.2, 0) is 9.59 Å². The van der Waals surface area contributed by atoms with Crippen LogP contribution in [0.3, 0.4) is 0 Å². The number of rotatable bonds is 18. The maximum absolute atomic E-state index is 10.2. The Morgan fingerprint density at radius 2 is 0.963 bits per heavy atom. The Labute approximate surface area is 167 Å². The van der Waals surface area contributed by atoms with E-state index in [1.807, 2.05) is 0 Å². The molecule has 0 fully saturated rings. The maximum Gasteiger partial charge on any atom is 0.322 e. The average molecular weight is 387 g/mol. The molecule has 0 aliphatic heterocycles. The molecule has 0 atom stereocenters. The molecule has 0 aromatic heterocycles. The Hall–Kier alpha value is -1.10. The Kier molecular flexibility index (Phi) is 25.9. The third-order valence-corrected chi connectivity index (χ3v) is 4.58. The molecule has 0 aliphatic rings. The zero-order valence-electron chi connectivity index (χ0n) is 18.1. The van der Waals surface area contributed by atoms with Crippen molar-refractivity contribution in [2.45, 2.75) is 117 Å². The van der Waals surface area contributed by atoms with Gasteiger partial charge >= 0.3 is 5.97 Å². The van der Waals surface area contributed by atoms with Gasteiger partial charge in [0.15, 0.2) is 0 Å². The minimum absolute atomic E-state index is 0.173. The molecule has 0 aliphatic carbocycles. The van der Waals surface area contributed by atoms with Crippen LogP contribution < -0.4 is 11.1 Å². The lowest BCUT2D eigenvalue weighted by molar-refractivity contribution is -0.137. The van der Waals surface area contributed by atoms with E-state index in [0.29, 0.717) is 0 Å². The fourth-order valence-electron chi connectivity index (χ4n) is 2.87. The summed E-state index contributed by atoms with van der Waals surface area (Å²) in [4.78, 5) is 20.0. The highest BCUT2D eigenvalue weighted by Gasteiger charge is 1.98. The largest absolute Gasteiger partial charge is 0.480 e. The van der Waals surface area contributed by atoms with Crippen molar-refractivity contribution in [3.63, 3.8) is 0 Å². The lowest BCUT2D eigenvalue weighted by Gasteiger charge is -2.03. The van der Waals surface area contributed by atoms with Crippen LogP contribution in [0.5, 0.6) is 0 Å². The molecule has 0 bridgehead atoms. The second kappa shape index (κ2) is 24.9. The summed E-state index contributed by atoms with van der Waals surface area (Å²) in [5.74, 6) is -1.53. The fourth-order valence-corrected chi connectivity index (χ4v) is 2.87. The molecule has 27 heavy (non-hydrogen) atoms.